The van der Waals surface area contributed by atoms with Crippen LogP contribution in [-0.2, 0) is 11.8 Å². The highest BCUT2D eigenvalue weighted by Gasteiger charge is 2.17. The number of carbonyl (C=O) groups is 2. The fourth-order valence-corrected chi connectivity index (χ4v) is 4.25. The van der Waals surface area contributed by atoms with Crippen LogP contribution in [0.25, 0.3) is 11.0 Å². The Balaban J connectivity index is 1.41. The lowest BCUT2D eigenvalue weighted by Crippen LogP contribution is -2.28. The predicted molar refractivity (Wildman–Crippen MR) is 129 cm³/mol. The molecule has 1 atom stereocenters. The summed E-state index contributed by atoms with van der Waals surface area (Å²) in [5.74, 6) is -0.244. The largest absolute Gasteiger partial charge is 0.345 e. The maximum absolute atomic E-state index is 12.9. The fraction of sp³-hybridized carbons (Fsp3) is 0.160. The standard InChI is InChI=1S/C25H24N4O2S/c1-17(18-10-4-3-5-11-18)26-24(31)19-12-6-7-13-20(19)27-23(30)16-32-25-28-21-14-8-9-15-22(21)29(25)2/h3-15,17H,16H2,1-2H3,(H,26,31)(H,27,30)/t17-/m0/s1. The highest BCUT2D eigenvalue weighted by molar-refractivity contribution is 7.99. The summed E-state index contributed by atoms with van der Waals surface area (Å²) in [6.07, 6.45) is 0. The van der Waals surface area contributed by atoms with Gasteiger partial charge in [0.05, 0.1) is 34.1 Å². The Morgan fingerprint density at radius 2 is 1.66 bits per heavy atom. The van der Waals surface area contributed by atoms with Crippen LogP contribution >= 0.6 is 11.8 Å². The molecule has 1 aromatic heterocycles. The first-order chi connectivity index (χ1) is 15.5. The molecule has 0 radical (unpaired) electrons. The fourth-order valence-electron chi connectivity index (χ4n) is 3.46. The summed E-state index contributed by atoms with van der Waals surface area (Å²) >= 11 is 1.36. The predicted octanol–water partition coefficient (Wildman–Crippen LogP) is 4.80. The maximum Gasteiger partial charge on any atom is 0.253 e. The van der Waals surface area contributed by atoms with E-state index in [1.807, 2.05) is 73.1 Å². The highest BCUT2D eigenvalue weighted by Crippen LogP contribution is 2.23. The molecule has 7 heteroatoms. The molecule has 0 aliphatic heterocycles. The van der Waals surface area contributed by atoms with E-state index >= 15 is 0 Å². The molecule has 0 saturated carbocycles. The van der Waals surface area contributed by atoms with Crippen molar-refractivity contribution in [1.29, 1.82) is 0 Å². The van der Waals surface area contributed by atoms with Gasteiger partial charge in [-0.3, -0.25) is 9.59 Å². The number of para-hydroxylation sites is 3. The monoisotopic (exact) mass is 444 g/mol. The summed E-state index contributed by atoms with van der Waals surface area (Å²) < 4.78 is 1.97. The summed E-state index contributed by atoms with van der Waals surface area (Å²) in [4.78, 5) is 30.1. The summed E-state index contributed by atoms with van der Waals surface area (Å²) in [5.41, 5.74) is 3.84. The quantitative estimate of drug-likeness (QED) is 0.402. The van der Waals surface area contributed by atoms with Crippen molar-refractivity contribution in [1.82, 2.24) is 14.9 Å². The van der Waals surface area contributed by atoms with Crippen LogP contribution in [0.4, 0.5) is 5.69 Å². The van der Waals surface area contributed by atoms with Crippen molar-refractivity contribution in [2.45, 2.75) is 18.1 Å². The van der Waals surface area contributed by atoms with Crippen LogP contribution in [0.2, 0.25) is 0 Å². The summed E-state index contributed by atoms with van der Waals surface area (Å²) in [6.45, 7) is 1.93. The van der Waals surface area contributed by atoms with Crippen molar-refractivity contribution in [3.8, 4) is 0 Å². The molecule has 0 spiro atoms. The molecule has 0 unspecified atom stereocenters. The van der Waals surface area contributed by atoms with Crippen molar-refractivity contribution in [2.24, 2.45) is 7.05 Å². The molecule has 1 heterocycles. The zero-order valence-electron chi connectivity index (χ0n) is 17.9. The third-order valence-electron chi connectivity index (χ3n) is 5.17. The number of nitrogens with zero attached hydrogens (tertiary/aromatic N) is 2. The molecule has 6 nitrogen and oxygen atoms in total. The van der Waals surface area contributed by atoms with Crippen LogP contribution in [-0.4, -0.2) is 27.1 Å². The number of imidazole rings is 1. The van der Waals surface area contributed by atoms with Gasteiger partial charge in [-0.15, -0.1) is 0 Å². The summed E-state index contributed by atoms with van der Waals surface area (Å²) in [6, 6.07) is 24.5. The van der Waals surface area contributed by atoms with Gasteiger partial charge in [-0.05, 0) is 36.8 Å². The average Bonchev–Trinajstić information content (AvgIpc) is 3.14. The minimum absolute atomic E-state index is 0.152. The molecule has 0 aliphatic carbocycles. The van der Waals surface area contributed by atoms with Crippen molar-refractivity contribution in [3.63, 3.8) is 0 Å². The van der Waals surface area contributed by atoms with Crippen LogP contribution in [0.5, 0.6) is 0 Å². The van der Waals surface area contributed by atoms with Gasteiger partial charge < -0.3 is 15.2 Å². The van der Waals surface area contributed by atoms with Gasteiger partial charge in [-0.25, -0.2) is 4.98 Å². The number of amides is 2. The number of anilines is 1. The minimum Gasteiger partial charge on any atom is -0.345 e. The second-order valence-electron chi connectivity index (χ2n) is 7.43. The van der Waals surface area contributed by atoms with E-state index in [2.05, 4.69) is 15.6 Å². The highest BCUT2D eigenvalue weighted by atomic mass is 32.2. The smallest absolute Gasteiger partial charge is 0.253 e. The van der Waals surface area contributed by atoms with E-state index in [9.17, 15) is 9.59 Å². The van der Waals surface area contributed by atoms with Crippen LogP contribution in [0, 0.1) is 0 Å². The first-order valence-electron chi connectivity index (χ1n) is 10.3. The molecule has 2 amide bonds. The Kier molecular flexibility index (Phi) is 6.56. The molecular weight excluding hydrogens is 420 g/mol. The van der Waals surface area contributed by atoms with Gasteiger partial charge in [0.1, 0.15) is 0 Å². The van der Waals surface area contributed by atoms with E-state index in [-0.39, 0.29) is 23.6 Å². The summed E-state index contributed by atoms with van der Waals surface area (Å²) in [5, 5.41) is 6.64. The van der Waals surface area contributed by atoms with E-state index < -0.39 is 0 Å². The third kappa shape index (κ3) is 4.84. The number of carbonyl (C=O) groups excluding carboxylic acids is 2. The number of hydrogen-bond acceptors (Lipinski definition) is 4. The average molecular weight is 445 g/mol. The molecule has 0 saturated heterocycles. The maximum atomic E-state index is 12.9. The minimum atomic E-state index is -0.236. The van der Waals surface area contributed by atoms with E-state index in [0.717, 1.165) is 21.8 Å². The lowest BCUT2D eigenvalue weighted by molar-refractivity contribution is -0.113. The molecule has 2 N–H and O–H groups in total. The Labute approximate surface area is 191 Å². The van der Waals surface area contributed by atoms with Crippen molar-refractivity contribution < 1.29 is 9.59 Å². The van der Waals surface area contributed by atoms with Crippen molar-refractivity contribution in [3.05, 3.63) is 90.0 Å². The first kappa shape index (κ1) is 21.6. The molecule has 0 aliphatic rings. The molecule has 162 valence electrons. The number of aromatic nitrogens is 2. The molecule has 32 heavy (non-hydrogen) atoms. The third-order valence-corrected chi connectivity index (χ3v) is 6.20. The normalized spacial score (nSPS) is 11.8. The second-order valence-corrected chi connectivity index (χ2v) is 8.37. The lowest BCUT2D eigenvalue weighted by Gasteiger charge is -2.16. The molecule has 4 aromatic rings. The number of rotatable bonds is 7. The Morgan fingerprint density at radius 3 is 2.44 bits per heavy atom. The van der Waals surface area contributed by atoms with Crippen molar-refractivity contribution >= 4 is 40.3 Å². The second kappa shape index (κ2) is 9.70. The number of nitrogens with one attached hydrogen (secondary N) is 2. The topological polar surface area (TPSA) is 76.0 Å². The van der Waals surface area contributed by atoms with E-state index in [4.69, 9.17) is 0 Å². The zero-order chi connectivity index (χ0) is 22.5. The van der Waals surface area contributed by atoms with Gasteiger partial charge >= 0.3 is 0 Å². The SMILES string of the molecule is C[C@H](NC(=O)c1ccccc1NC(=O)CSc1nc2ccccc2n1C)c1ccccc1. The Hall–Kier alpha value is -3.58. The zero-order valence-corrected chi connectivity index (χ0v) is 18.7. The number of thioether (sulfide) groups is 1. The van der Waals surface area contributed by atoms with Crippen LogP contribution in [0.3, 0.4) is 0 Å². The van der Waals surface area contributed by atoms with Gasteiger partial charge in [0, 0.05) is 7.05 Å². The Morgan fingerprint density at radius 1 is 0.969 bits per heavy atom. The van der Waals surface area contributed by atoms with Crippen LogP contribution < -0.4 is 10.6 Å². The van der Waals surface area contributed by atoms with Crippen LogP contribution in [0.1, 0.15) is 28.9 Å². The molecule has 4 rings (SSSR count). The van der Waals surface area contributed by atoms with Gasteiger partial charge in [0.25, 0.3) is 5.91 Å². The van der Waals surface area contributed by atoms with Crippen LogP contribution in [0.15, 0.2) is 84.0 Å². The number of fused-ring (bicyclic) bond motifs is 1. The Bertz CT molecular complexity index is 1250. The first-order valence-corrected chi connectivity index (χ1v) is 11.3. The van der Waals surface area contributed by atoms with E-state index in [0.29, 0.717) is 11.3 Å². The number of hydrogen-bond donors (Lipinski definition) is 2. The molecule has 3 aromatic carbocycles. The molecule has 0 bridgehead atoms. The van der Waals surface area contributed by atoms with Gasteiger partial charge in [0.15, 0.2) is 5.16 Å². The summed E-state index contributed by atoms with van der Waals surface area (Å²) in [7, 11) is 1.93. The lowest BCUT2D eigenvalue weighted by atomic mass is 10.1. The molecular formula is C25H24N4O2S. The number of aryl methyl sites for hydroxylation is 1. The van der Waals surface area contributed by atoms with Gasteiger partial charge in [-0.1, -0.05) is 66.4 Å². The number of benzene rings is 3. The van der Waals surface area contributed by atoms with Gasteiger partial charge in [-0.2, -0.15) is 0 Å². The van der Waals surface area contributed by atoms with Gasteiger partial charge in [0.2, 0.25) is 5.91 Å². The van der Waals surface area contributed by atoms with E-state index in [1.165, 1.54) is 11.8 Å². The molecule has 0 fully saturated rings. The van der Waals surface area contributed by atoms with Crippen molar-refractivity contribution in [2.75, 3.05) is 11.1 Å². The van der Waals surface area contributed by atoms with E-state index in [1.54, 1.807) is 24.3 Å².